The first-order valence-electron chi connectivity index (χ1n) is 10.8. The molecule has 0 fully saturated rings. The van der Waals surface area contributed by atoms with Crippen LogP contribution in [0.25, 0.3) is 16.5 Å². The monoisotopic (exact) mass is 425 g/mol. The Hall–Kier alpha value is -2.81. The fourth-order valence-corrected chi connectivity index (χ4v) is 5.03. The molecule has 4 rings (SSSR count). The number of benzene rings is 1. The maximum absolute atomic E-state index is 13.1. The third-order valence-electron chi connectivity index (χ3n) is 6.51. The molecule has 0 saturated carbocycles. The number of hydrogen-bond acceptors (Lipinski definition) is 6. The van der Waals surface area contributed by atoms with Crippen molar-refractivity contribution in [2.45, 2.75) is 32.9 Å². The molecule has 166 valence electrons. The van der Waals surface area contributed by atoms with E-state index in [0.29, 0.717) is 12.2 Å². The van der Waals surface area contributed by atoms with Gasteiger partial charge in [-0.25, -0.2) is 10.7 Å². The fourth-order valence-electron chi connectivity index (χ4n) is 5.03. The van der Waals surface area contributed by atoms with Gasteiger partial charge in [0.05, 0.1) is 12.5 Å². The molecule has 1 aliphatic carbocycles. The van der Waals surface area contributed by atoms with Crippen LogP contribution in [-0.2, 0) is 22.7 Å². The van der Waals surface area contributed by atoms with Crippen LogP contribution in [0.3, 0.4) is 0 Å². The summed E-state index contributed by atoms with van der Waals surface area (Å²) in [4.78, 5) is 21.2. The van der Waals surface area contributed by atoms with Crippen molar-refractivity contribution < 1.29 is 15.0 Å². The number of rotatable bonds is 7. The Morgan fingerprint density at radius 2 is 2.16 bits per heavy atom. The Bertz CT molecular complexity index is 1040. The van der Waals surface area contributed by atoms with E-state index in [9.17, 15) is 4.79 Å². The van der Waals surface area contributed by atoms with Gasteiger partial charge in [-0.2, -0.15) is 0 Å². The Balaban J connectivity index is 1.75. The molecule has 1 aliphatic heterocycles. The topological polar surface area (TPSA) is 96.0 Å². The molecule has 0 spiro atoms. The van der Waals surface area contributed by atoms with E-state index in [2.05, 4.69) is 57.5 Å². The van der Waals surface area contributed by atoms with E-state index in [-0.39, 0.29) is 17.9 Å². The molecule has 1 amide bonds. The lowest BCUT2D eigenvalue weighted by molar-refractivity contribution is -0.280. The third-order valence-corrected chi connectivity index (χ3v) is 6.51. The lowest BCUT2D eigenvalue weighted by Crippen LogP contribution is -2.47. The highest BCUT2D eigenvalue weighted by Crippen LogP contribution is 2.41. The summed E-state index contributed by atoms with van der Waals surface area (Å²) >= 11 is 0. The number of allylic oxidation sites excluding steroid dienone is 1. The van der Waals surface area contributed by atoms with E-state index >= 15 is 0 Å². The average Bonchev–Trinajstić information content (AvgIpc) is 3.12. The fraction of sp³-hybridized carbons (Fsp3) is 0.435. The number of carbonyl (C=O) groups is 1. The van der Waals surface area contributed by atoms with Crippen LogP contribution >= 0.6 is 0 Å². The second-order valence-electron chi connectivity index (χ2n) is 8.31. The van der Waals surface area contributed by atoms with Gasteiger partial charge in [0, 0.05) is 54.7 Å². The molecule has 2 aliphatic rings. The summed E-state index contributed by atoms with van der Waals surface area (Å²) < 4.78 is 2.12. The summed E-state index contributed by atoms with van der Waals surface area (Å²) in [5.74, 6) is 0.0769. The summed E-state index contributed by atoms with van der Waals surface area (Å²) in [5.41, 5.74) is 13.7. The number of hydrogen-bond donors (Lipinski definition) is 3. The van der Waals surface area contributed by atoms with Gasteiger partial charge >= 0.3 is 0 Å². The molecule has 0 saturated heterocycles. The van der Waals surface area contributed by atoms with Crippen molar-refractivity contribution in [3.63, 3.8) is 0 Å². The van der Waals surface area contributed by atoms with Gasteiger partial charge in [-0.1, -0.05) is 18.2 Å². The van der Waals surface area contributed by atoms with Gasteiger partial charge in [-0.3, -0.25) is 9.69 Å². The highest BCUT2D eigenvalue weighted by molar-refractivity contribution is 5.99. The number of likely N-dealkylation sites (N-methyl/N-ethyl adjacent to an activating group) is 1. The number of carbonyl (C=O) groups excluding carboxylic acids is 1. The minimum Gasteiger partial charge on any atom is -0.399 e. The first-order valence-corrected chi connectivity index (χ1v) is 10.8. The SMILES string of the molecule is CCN(CC)C(=O)[C@@H]1C=C2c3cccc4c3c(cn4C/C(N)=C/NOO)C[C@H]2N(C)C1. The number of nitrogens with one attached hydrogen (secondary N) is 1. The van der Waals surface area contributed by atoms with E-state index < -0.39 is 0 Å². The van der Waals surface area contributed by atoms with Gasteiger partial charge in [0.25, 0.3) is 0 Å². The average molecular weight is 426 g/mol. The molecule has 0 radical (unpaired) electrons. The summed E-state index contributed by atoms with van der Waals surface area (Å²) in [7, 11) is 2.11. The van der Waals surface area contributed by atoms with Crippen molar-refractivity contribution in [2.24, 2.45) is 11.7 Å². The molecule has 0 bridgehead atoms. The van der Waals surface area contributed by atoms with Crippen molar-refractivity contribution in [1.82, 2.24) is 19.8 Å². The predicted molar refractivity (Wildman–Crippen MR) is 121 cm³/mol. The Kier molecular flexibility index (Phi) is 6.04. The van der Waals surface area contributed by atoms with Crippen LogP contribution in [0.1, 0.15) is 25.0 Å². The van der Waals surface area contributed by atoms with Crippen LogP contribution in [0.15, 0.2) is 42.4 Å². The number of fused-ring (bicyclic) bond motifs is 2. The number of nitrogens with two attached hydrogens (primary N) is 1. The van der Waals surface area contributed by atoms with Gasteiger partial charge < -0.3 is 15.2 Å². The lowest BCUT2D eigenvalue weighted by atomic mass is 9.79. The summed E-state index contributed by atoms with van der Waals surface area (Å²) in [6.07, 6.45) is 6.69. The molecule has 31 heavy (non-hydrogen) atoms. The normalized spacial score (nSPS) is 21.0. The van der Waals surface area contributed by atoms with Crippen molar-refractivity contribution in [3.8, 4) is 0 Å². The first-order chi connectivity index (χ1) is 15.0. The van der Waals surface area contributed by atoms with Gasteiger partial charge in [0.15, 0.2) is 0 Å². The Morgan fingerprint density at radius 3 is 2.87 bits per heavy atom. The summed E-state index contributed by atoms with van der Waals surface area (Å²) in [6, 6.07) is 6.57. The molecule has 2 aromatic rings. The molecule has 0 unspecified atom stereocenters. The summed E-state index contributed by atoms with van der Waals surface area (Å²) in [5, 5.41) is 9.68. The Morgan fingerprint density at radius 1 is 1.39 bits per heavy atom. The minimum absolute atomic E-state index is 0.127. The maximum atomic E-state index is 13.1. The van der Waals surface area contributed by atoms with E-state index in [4.69, 9.17) is 11.0 Å². The molecule has 2 heterocycles. The van der Waals surface area contributed by atoms with E-state index in [1.165, 1.54) is 28.3 Å². The summed E-state index contributed by atoms with van der Waals surface area (Å²) in [6.45, 7) is 6.73. The van der Waals surface area contributed by atoms with E-state index in [0.717, 1.165) is 31.6 Å². The first kappa shape index (κ1) is 21.4. The van der Waals surface area contributed by atoms with Gasteiger partial charge in [-0.15, -0.1) is 4.99 Å². The largest absolute Gasteiger partial charge is 0.399 e. The van der Waals surface area contributed by atoms with Crippen molar-refractivity contribution in [2.75, 3.05) is 26.7 Å². The lowest BCUT2D eigenvalue weighted by Gasteiger charge is -2.40. The van der Waals surface area contributed by atoms with E-state index in [1.807, 2.05) is 18.7 Å². The van der Waals surface area contributed by atoms with Crippen LogP contribution in [0.4, 0.5) is 0 Å². The zero-order valence-corrected chi connectivity index (χ0v) is 18.3. The Labute approximate surface area is 182 Å². The molecule has 1 aromatic carbocycles. The van der Waals surface area contributed by atoms with Crippen molar-refractivity contribution in [3.05, 3.63) is 53.5 Å². The molecular formula is C23H31N5O3. The maximum Gasteiger partial charge on any atom is 0.230 e. The molecule has 8 nitrogen and oxygen atoms in total. The molecule has 8 heteroatoms. The van der Waals surface area contributed by atoms with Crippen LogP contribution in [0.2, 0.25) is 0 Å². The van der Waals surface area contributed by atoms with Crippen molar-refractivity contribution >= 4 is 22.4 Å². The number of hydroxylamine groups is 1. The predicted octanol–water partition coefficient (Wildman–Crippen LogP) is 2.17. The van der Waals surface area contributed by atoms with Gasteiger partial charge in [-0.05, 0) is 50.1 Å². The van der Waals surface area contributed by atoms with Crippen LogP contribution in [0, 0.1) is 5.92 Å². The van der Waals surface area contributed by atoms with Crippen LogP contribution < -0.4 is 11.2 Å². The standard InChI is InChI=1S/C23H31N5O3/c1-4-27(5-2)23(29)16-9-19-18-7-6-8-20-22(18)15(10-21(19)26(3)12-16)13-28(20)14-17(24)11-25-31-30/h6-9,11,13,16,21,25,30H,4-5,10,12,14,24H2,1-3H3/b17-11-/t16-,21-/m1/s1. The molecule has 2 atom stereocenters. The quantitative estimate of drug-likeness (QED) is 0.465. The van der Waals surface area contributed by atoms with Crippen LogP contribution in [-0.4, -0.2) is 58.3 Å². The minimum atomic E-state index is -0.127. The highest BCUT2D eigenvalue weighted by atomic mass is 17.2. The highest BCUT2D eigenvalue weighted by Gasteiger charge is 2.36. The van der Waals surface area contributed by atoms with Gasteiger partial charge in [0.2, 0.25) is 5.91 Å². The number of nitrogens with zero attached hydrogens (tertiary/aromatic N) is 3. The molecular weight excluding hydrogens is 394 g/mol. The van der Waals surface area contributed by atoms with Gasteiger partial charge in [0.1, 0.15) is 0 Å². The van der Waals surface area contributed by atoms with Crippen LogP contribution in [0.5, 0.6) is 0 Å². The molecule has 1 aromatic heterocycles. The second-order valence-corrected chi connectivity index (χ2v) is 8.31. The number of aromatic nitrogens is 1. The number of amides is 1. The molecule has 4 N–H and O–H groups in total. The smallest absolute Gasteiger partial charge is 0.230 e. The second kappa shape index (κ2) is 8.74. The van der Waals surface area contributed by atoms with Crippen molar-refractivity contribution in [1.29, 1.82) is 0 Å². The zero-order chi connectivity index (χ0) is 22.1. The van der Waals surface area contributed by atoms with E-state index in [1.54, 1.807) is 0 Å². The third kappa shape index (κ3) is 3.82. The zero-order valence-electron chi connectivity index (χ0n) is 18.3.